The molecule has 1 heterocycles. The van der Waals surface area contributed by atoms with Crippen LogP contribution in [0.25, 0.3) is 0 Å². The summed E-state index contributed by atoms with van der Waals surface area (Å²) in [5.41, 5.74) is 1.24. The largest absolute Gasteiger partial charge is 0.392 e. The maximum atomic E-state index is 12.6. The molecule has 0 saturated carbocycles. The quantitative estimate of drug-likeness (QED) is 0.774. The average molecular weight is 262 g/mol. The summed E-state index contributed by atoms with van der Waals surface area (Å²) in [5.74, 6) is 0.367. The third-order valence-electron chi connectivity index (χ3n) is 4.11. The minimum Gasteiger partial charge on any atom is -0.392 e. The van der Waals surface area contributed by atoms with Gasteiger partial charge in [-0.2, -0.15) is 0 Å². The molecule has 1 fully saturated rings. The van der Waals surface area contributed by atoms with E-state index >= 15 is 0 Å². The van der Waals surface area contributed by atoms with Gasteiger partial charge < -0.3 is 15.7 Å². The molecule has 0 aliphatic carbocycles. The molecule has 1 aromatic carbocycles. The van der Waals surface area contributed by atoms with Crippen LogP contribution in [-0.4, -0.2) is 24.1 Å². The number of aliphatic hydroxyl groups excluding tert-OH is 1. The third kappa shape index (κ3) is 2.80. The number of hydrogen-bond acceptors (Lipinski definition) is 3. The van der Waals surface area contributed by atoms with Crippen molar-refractivity contribution >= 4 is 11.6 Å². The first kappa shape index (κ1) is 14.0. The second-order valence-corrected chi connectivity index (χ2v) is 5.55. The van der Waals surface area contributed by atoms with Crippen molar-refractivity contribution in [3.05, 3.63) is 29.8 Å². The van der Waals surface area contributed by atoms with Gasteiger partial charge in [-0.05, 0) is 36.6 Å². The van der Waals surface area contributed by atoms with Gasteiger partial charge in [0.15, 0.2) is 0 Å². The van der Waals surface area contributed by atoms with Gasteiger partial charge in [-0.25, -0.2) is 0 Å². The van der Waals surface area contributed by atoms with Gasteiger partial charge in [0.25, 0.3) is 0 Å². The van der Waals surface area contributed by atoms with Gasteiger partial charge >= 0.3 is 0 Å². The Morgan fingerprint density at radius 2 is 2.32 bits per heavy atom. The predicted octanol–water partition coefficient (Wildman–Crippen LogP) is 1.75. The molecule has 1 aliphatic rings. The van der Waals surface area contributed by atoms with Crippen LogP contribution in [0.3, 0.4) is 0 Å². The van der Waals surface area contributed by atoms with Gasteiger partial charge in [0, 0.05) is 12.2 Å². The van der Waals surface area contributed by atoms with E-state index in [4.69, 9.17) is 5.11 Å². The molecule has 4 nitrogen and oxygen atoms in total. The Morgan fingerprint density at radius 1 is 1.53 bits per heavy atom. The normalized spacial score (nSPS) is 22.7. The highest BCUT2D eigenvalue weighted by atomic mass is 16.3. The molecule has 0 aromatic heterocycles. The minimum absolute atomic E-state index is 0.0133. The van der Waals surface area contributed by atoms with E-state index in [0.29, 0.717) is 5.92 Å². The molecule has 1 unspecified atom stereocenters. The fourth-order valence-electron chi connectivity index (χ4n) is 2.66. The second-order valence-electron chi connectivity index (χ2n) is 5.55. The highest BCUT2D eigenvalue weighted by Gasteiger charge is 2.43. The number of rotatable bonds is 4. The van der Waals surface area contributed by atoms with Crippen LogP contribution in [0.5, 0.6) is 0 Å². The fourth-order valence-corrected chi connectivity index (χ4v) is 2.66. The smallest absolute Gasteiger partial charge is 0.232 e. The zero-order valence-electron chi connectivity index (χ0n) is 11.6. The summed E-state index contributed by atoms with van der Waals surface area (Å²) in [6, 6.07) is 7.35. The molecule has 1 saturated heterocycles. The molecule has 1 amide bonds. The average Bonchev–Trinajstić information content (AvgIpc) is 2.89. The van der Waals surface area contributed by atoms with E-state index in [1.165, 1.54) is 0 Å². The van der Waals surface area contributed by atoms with Gasteiger partial charge in [0.05, 0.1) is 12.0 Å². The Kier molecular flexibility index (Phi) is 4.22. The summed E-state index contributed by atoms with van der Waals surface area (Å²) >= 11 is 0. The molecule has 1 aliphatic heterocycles. The molecular formula is C15H22N2O2. The van der Waals surface area contributed by atoms with E-state index in [0.717, 1.165) is 30.8 Å². The molecule has 1 atom stereocenters. The maximum Gasteiger partial charge on any atom is 0.232 e. The van der Waals surface area contributed by atoms with Crippen LogP contribution < -0.4 is 10.6 Å². The lowest BCUT2D eigenvalue weighted by Gasteiger charge is -2.31. The number of benzene rings is 1. The van der Waals surface area contributed by atoms with Crippen LogP contribution in [0.1, 0.15) is 25.8 Å². The fraction of sp³-hybridized carbons (Fsp3) is 0.533. The molecule has 1 aromatic rings. The Morgan fingerprint density at radius 3 is 2.89 bits per heavy atom. The highest BCUT2D eigenvalue weighted by Crippen LogP contribution is 2.35. The van der Waals surface area contributed by atoms with Gasteiger partial charge in [-0.1, -0.05) is 26.0 Å². The molecule has 0 spiro atoms. The Hall–Kier alpha value is -1.39. The maximum absolute atomic E-state index is 12.6. The number of amides is 1. The molecule has 104 valence electrons. The van der Waals surface area contributed by atoms with Crippen molar-refractivity contribution in [3.8, 4) is 0 Å². The van der Waals surface area contributed by atoms with Crippen molar-refractivity contribution in [2.24, 2.45) is 11.3 Å². The molecule has 0 radical (unpaired) electrons. The highest BCUT2D eigenvalue weighted by molar-refractivity contribution is 5.96. The number of carbonyl (C=O) groups is 1. The summed E-state index contributed by atoms with van der Waals surface area (Å²) < 4.78 is 0. The van der Waals surface area contributed by atoms with E-state index < -0.39 is 0 Å². The molecule has 19 heavy (non-hydrogen) atoms. The van der Waals surface area contributed by atoms with Crippen LogP contribution in [0.4, 0.5) is 5.69 Å². The van der Waals surface area contributed by atoms with E-state index in [1.54, 1.807) is 0 Å². The Bertz CT molecular complexity index is 451. The predicted molar refractivity (Wildman–Crippen MR) is 75.8 cm³/mol. The first-order chi connectivity index (χ1) is 9.08. The van der Waals surface area contributed by atoms with E-state index in [2.05, 4.69) is 24.5 Å². The topological polar surface area (TPSA) is 61.4 Å². The third-order valence-corrected chi connectivity index (χ3v) is 4.11. The minimum atomic E-state index is -0.324. The zero-order chi connectivity index (χ0) is 13.9. The van der Waals surface area contributed by atoms with Gasteiger partial charge in [0.2, 0.25) is 5.91 Å². The number of nitrogens with one attached hydrogen (secondary N) is 2. The van der Waals surface area contributed by atoms with Crippen LogP contribution in [0.15, 0.2) is 24.3 Å². The van der Waals surface area contributed by atoms with E-state index in [1.807, 2.05) is 24.3 Å². The number of anilines is 1. The van der Waals surface area contributed by atoms with Crippen molar-refractivity contribution in [2.45, 2.75) is 26.9 Å². The lowest BCUT2D eigenvalue weighted by atomic mass is 9.75. The van der Waals surface area contributed by atoms with Gasteiger partial charge in [0.1, 0.15) is 0 Å². The number of hydrogen-bond donors (Lipinski definition) is 3. The summed E-state index contributed by atoms with van der Waals surface area (Å²) in [6.07, 6.45) is 0.871. The SMILES string of the molecule is CC(C)C1(C(=O)Nc2cccc(CO)c2)CCNC1. The van der Waals surface area contributed by atoms with Crippen molar-refractivity contribution in [3.63, 3.8) is 0 Å². The molecular weight excluding hydrogens is 240 g/mol. The van der Waals surface area contributed by atoms with Gasteiger partial charge in [-0.3, -0.25) is 4.79 Å². The summed E-state index contributed by atoms with van der Waals surface area (Å²) in [4.78, 5) is 12.6. The summed E-state index contributed by atoms with van der Waals surface area (Å²) in [5, 5.41) is 15.4. The van der Waals surface area contributed by atoms with E-state index in [-0.39, 0.29) is 17.9 Å². The Labute approximate surface area is 114 Å². The number of aliphatic hydroxyl groups is 1. The summed E-state index contributed by atoms with van der Waals surface area (Å²) in [7, 11) is 0. The summed E-state index contributed by atoms with van der Waals surface area (Å²) in [6.45, 7) is 5.80. The molecule has 4 heteroatoms. The second kappa shape index (κ2) is 5.72. The standard InChI is InChI=1S/C15H22N2O2/c1-11(2)15(6-7-16-10-15)14(19)17-13-5-3-4-12(8-13)9-18/h3-5,8,11,16,18H,6-7,9-10H2,1-2H3,(H,17,19). The van der Waals surface area contributed by atoms with Gasteiger partial charge in [-0.15, -0.1) is 0 Å². The molecule has 2 rings (SSSR count). The first-order valence-electron chi connectivity index (χ1n) is 6.80. The first-order valence-corrected chi connectivity index (χ1v) is 6.80. The van der Waals surface area contributed by atoms with Crippen LogP contribution in [0.2, 0.25) is 0 Å². The lowest BCUT2D eigenvalue weighted by molar-refractivity contribution is -0.126. The molecule has 3 N–H and O–H groups in total. The van der Waals surface area contributed by atoms with Crippen LogP contribution in [-0.2, 0) is 11.4 Å². The van der Waals surface area contributed by atoms with Crippen molar-refractivity contribution < 1.29 is 9.90 Å². The lowest BCUT2D eigenvalue weighted by Crippen LogP contribution is -2.42. The van der Waals surface area contributed by atoms with Crippen molar-refractivity contribution in [1.82, 2.24) is 5.32 Å². The Balaban J connectivity index is 2.15. The van der Waals surface area contributed by atoms with Crippen molar-refractivity contribution in [1.29, 1.82) is 0 Å². The zero-order valence-corrected chi connectivity index (χ0v) is 11.6. The number of carbonyl (C=O) groups excluding carboxylic acids is 1. The van der Waals surface area contributed by atoms with Crippen molar-refractivity contribution in [2.75, 3.05) is 18.4 Å². The van der Waals surface area contributed by atoms with Crippen LogP contribution in [0, 0.1) is 11.3 Å². The molecule has 0 bridgehead atoms. The van der Waals surface area contributed by atoms with Crippen LogP contribution >= 0.6 is 0 Å². The monoisotopic (exact) mass is 262 g/mol. The van der Waals surface area contributed by atoms with E-state index in [9.17, 15) is 4.79 Å².